The molecule has 0 aromatic heterocycles. The largest absolute Gasteiger partial charge is 0.271 e. The van der Waals surface area contributed by atoms with Crippen molar-refractivity contribution >= 4 is 40.8 Å². The maximum absolute atomic E-state index is 13.5. The molecule has 1 saturated carbocycles. The number of hydrogen-bond donors (Lipinski definition) is 0. The van der Waals surface area contributed by atoms with Crippen LogP contribution in [-0.4, -0.2) is 22.8 Å². The number of carbonyl (C=O) groups is 2. The molecule has 0 spiro atoms. The molecular formula is C24H23ClFNO2S. The second-order valence-corrected chi connectivity index (χ2v) is 9.27. The first kappa shape index (κ1) is 21.1. The van der Waals surface area contributed by atoms with E-state index in [-0.39, 0.29) is 23.7 Å². The highest BCUT2D eigenvalue weighted by Gasteiger charge is 2.42. The first-order valence-electron chi connectivity index (χ1n) is 10.4. The van der Waals surface area contributed by atoms with Crippen LogP contribution >= 0.6 is 23.4 Å². The van der Waals surface area contributed by atoms with Gasteiger partial charge in [0.1, 0.15) is 5.82 Å². The third-order valence-electron chi connectivity index (χ3n) is 5.68. The summed E-state index contributed by atoms with van der Waals surface area (Å²) in [5, 5.41) is 0.608. The maximum atomic E-state index is 13.5. The lowest BCUT2D eigenvalue weighted by Crippen LogP contribution is -2.41. The van der Waals surface area contributed by atoms with E-state index in [9.17, 15) is 14.0 Å². The van der Waals surface area contributed by atoms with Crippen LogP contribution in [0.2, 0.25) is 5.02 Å². The third-order valence-corrected chi connectivity index (χ3v) is 7.02. The lowest BCUT2D eigenvalue weighted by atomic mass is 9.95. The third kappa shape index (κ3) is 4.47. The van der Waals surface area contributed by atoms with Crippen molar-refractivity contribution in [1.82, 2.24) is 4.90 Å². The van der Waals surface area contributed by atoms with Gasteiger partial charge in [-0.1, -0.05) is 67.6 Å². The van der Waals surface area contributed by atoms with E-state index in [2.05, 4.69) is 0 Å². The van der Waals surface area contributed by atoms with E-state index in [0.29, 0.717) is 21.1 Å². The number of rotatable bonds is 4. The van der Waals surface area contributed by atoms with Crippen LogP contribution in [0.15, 0.2) is 58.3 Å². The predicted molar refractivity (Wildman–Crippen MR) is 119 cm³/mol. The minimum atomic E-state index is -0.375. The van der Waals surface area contributed by atoms with Crippen molar-refractivity contribution in [3.8, 4) is 0 Å². The van der Waals surface area contributed by atoms with Gasteiger partial charge in [-0.25, -0.2) is 4.39 Å². The quantitative estimate of drug-likeness (QED) is 0.508. The molecule has 0 atom stereocenters. The molecule has 0 unspecified atom stereocenters. The van der Waals surface area contributed by atoms with Gasteiger partial charge in [-0.3, -0.25) is 14.5 Å². The lowest BCUT2D eigenvalue weighted by molar-refractivity contribution is -0.139. The Kier molecular flexibility index (Phi) is 6.59. The molecule has 30 heavy (non-hydrogen) atoms. The van der Waals surface area contributed by atoms with Gasteiger partial charge in [0.05, 0.1) is 10.5 Å². The summed E-state index contributed by atoms with van der Waals surface area (Å²) < 4.78 is 13.5. The number of halogens is 2. The molecule has 1 aliphatic carbocycles. The number of hydrogen-bond acceptors (Lipinski definition) is 3. The van der Waals surface area contributed by atoms with E-state index in [4.69, 9.17) is 11.6 Å². The zero-order valence-corrected chi connectivity index (χ0v) is 18.1. The van der Waals surface area contributed by atoms with Crippen LogP contribution in [-0.2, 0) is 9.59 Å². The van der Waals surface area contributed by atoms with Crippen molar-refractivity contribution in [3.05, 3.63) is 69.8 Å². The van der Waals surface area contributed by atoms with Crippen molar-refractivity contribution in [1.29, 1.82) is 0 Å². The smallest absolute Gasteiger partial charge is 0.268 e. The van der Waals surface area contributed by atoms with Gasteiger partial charge in [0.2, 0.25) is 0 Å². The van der Waals surface area contributed by atoms with Gasteiger partial charge in [0.15, 0.2) is 0 Å². The van der Waals surface area contributed by atoms with Crippen LogP contribution in [0.25, 0.3) is 5.57 Å². The van der Waals surface area contributed by atoms with Crippen molar-refractivity contribution in [2.24, 2.45) is 0 Å². The summed E-state index contributed by atoms with van der Waals surface area (Å²) in [6, 6.07) is 12.9. The number of carbonyl (C=O) groups excluding carboxylic acids is 2. The summed E-state index contributed by atoms with van der Waals surface area (Å²) in [6.45, 7) is 0. The monoisotopic (exact) mass is 443 g/mol. The molecular weight excluding hydrogens is 421 g/mol. The molecule has 2 aromatic rings. The molecule has 0 bridgehead atoms. The van der Waals surface area contributed by atoms with E-state index in [0.717, 1.165) is 43.4 Å². The molecule has 2 aromatic carbocycles. The zero-order chi connectivity index (χ0) is 21.1. The fraction of sp³-hybridized carbons (Fsp3) is 0.333. The van der Waals surface area contributed by atoms with Crippen LogP contribution in [0.3, 0.4) is 0 Å². The van der Waals surface area contributed by atoms with Gasteiger partial charge >= 0.3 is 0 Å². The summed E-state index contributed by atoms with van der Waals surface area (Å²) >= 11 is 7.26. The van der Waals surface area contributed by atoms with Gasteiger partial charge in [0, 0.05) is 16.0 Å². The normalized spacial score (nSPS) is 18.7. The van der Waals surface area contributed by atoms with Crippen molar-refractivity contribution < 1.29 is 14.0 Å². The number of thioether (sulfide) groups is 1. The van der Waals surface area contributed by atoms with Crippen LogP contribution < -0.4 is 0 Å². The molecule has 0 saturated heterocycles. The van der Waals surface area contributed by atoms with Crippen molar-refractivity contribution in [3.63, 3.8) is 0 Å². The summed E-state index contributed by atoms with van der Waals surface area (Å²) in [5.41, 5.74) is 0.932. The molecule has 2 aliphatic rings. The first-order valence-corrected chi connectivity index (χ1v) is 11.6. The van der Waals surface area contributed by atoms with Gasteiger partial charge in [-0.15, -0.1) is 0 Å². The molecule has 2 amide bonds. The summed E-state index contributed by atoms with van der Waals surface area (Å²) in [6.07, 6.45) is 7.21. The molecule has 0 radical (unpaired) electrons. The number of nitrogens with zero attached hydrogens (tertiary/aromatic N) is 1. The standard InChI is InChI=1S/C24H23ClFNO2S/c25-17-10-14-20(15-11-17)30-22-21(16-8-12-18(26)13-9-16)23(28)27(24(22)29)19-6-4-2-1-3-5-7-19/h8-15,19H,1-7H2. The van der Waals surface area contributed by atoms with Gasteiger partial charge < -0.3 is 0 Å². The van der Waals surface area contributed by atoms with Gasteiger partial charge in [0.25, 0.3) is 11.8 Å². The average Bonchev–Trinajstić information content (AvgIpc) is 2.95. The van der Waals surface area contributed by atoms with Gasteiger partial charge in [-0.2, -0.15) is 0 Å². The topological polar surface area (TPSA) is 37.4 Å². The second-order valence-electron chi connectivity index (χ2n) is 7.75. The van der Waals surface area contributed by atoms with Crippen molar-refractivity contribution in [2.75, 3.05) is 0 Å². The van der Waals surface area contributed by atoms with Crippen LogP contribution in [0.5, 0.6) is 0 Å². The Bertz CT molecular complexity index is 964. The molecule has 1 heterocycles. The Hall–Kier alpha value is -2.11. The van der Waals surface area contributed by atoms with E-state index in [1.807, 2.05) is 12.1 Å². The van der Waals surface area contributed by atoms with E-state index < -0.39 is 0 Å². The van der Waals surface area contributed by atoms with Crippen LogP contribution in [0, 0.1) is 5.82 Å². The molecule has 1 fully saturated rings. The number of imide groups is 1. The Balaban J connectivity index is 1.71. The maximum Gasteiger partial charge on any atom is 0.268 e. The molecule has 4 rings (SSSR count). The average molecular weight is 444 g/mol. The summed E-state index contributed by atoms with van der Waals surface area (Å²) in [7, 11) is 0. The molecule has 0 N–H and O–H groups in total. The van der Waals surface area contributed by atoms with Crippen molar-refractivity contribution in [2.45, 2.75) is 55.9 Å². The molecule has 1 aliphatic heterocycles. The van der Waals surface area contributed by atoms with Gasteiger partial charge in [-0.05, 0) is 54.8 Å². The molecule has 3 nitrogen and oxygen atoms in total. The Morgan fingerprint density at radius 2 is 1.43 bits per heavy atom. The van der Waals surface area contributed by atoms with E-state index in [1.54, 1.807) is 24.3 Å². The fourth-order valence-corrected chi connectivity index (χ4v) is 5.26. The highest BCUT2D eigenvalue weighted by molar-refractivity contribution is 8.04. The number of benzene rings is 2. The highest BCUT2D eigenvalue weighted by atomic mass is 35.5. The number of amides is 2. The second kappa shape index (κ2) is 9.36. The Labute approximate surface area is 185 Å². The molecule has 6 heteroatoms. The minimum Gasteiger partial charge on any atom is -0.271 e. The highest BCUT2D eigenvalue weighted by Crippen LogP contribution is 2.42. The predicted octanol–water partition coefficient (Wildman–Crippen LogP) is 6.46. The summed E-state index contributed by atoms with van der Waals surface area (Å²) in [4.78, 5) is 29.6. The van der Waals surface area contributed by atoms with Crippen LogP contribution in [0.4, 0.5) is 4.39 Å². The van der Waals surface area contributed by atoms with E-state index >= 15 is 0 Å². The van der Waals surface area contributed by atoms with Crippen LogP contribution in [0.1, 0.15) is 50.5 Å². The molecule has 156 valence electrons. The fourth-order valence-electron chi connectivity index (χ4n) is 4.14. The SMILES string of the molecule is O=C1C(Sc2ccc(Cl)cc2)=C(c2ccc(F)cc2)C(=O)N1C1CCCCCCC1. The van der Waals surface area contributed by atoms with E-state index in [1.165, 1.54) is 35.2 Å². The summed E-state index contributed by atoms with van der Waals surface area (Å²) in [5.74, 6) is -0.890. The zero-order valence-electron chi connectivity index (χ0n) is 16.6. The Morgan fingerprint density at radius 3 is 2.07 bits per heavy atom. The lowest BCUT2D eigenvalue weighted by Gasteiger charge is -2.28. The first-order chi connectivity index (χ1) is 14.5. The Morgan fingerprint density at radius 1 is 0.833 bits per heavy atom. The minimum absolute atomic E-state index is 0.0796.